The minimum atomic E-state index is 0.435. The van der Waals surface area contributed by atoms with Crippen LogP contribution < -0.4 is 11.1 Å². The number of nitrogens with one attached hydrogen (secondary N) is 1. The Kier molecular flexibility index (Phi) is 1.08. The maximum absolute atomic E-state index is 5.47. The maximum Gasteiger partial charge on any atom is 0.0177 e. The molecule has 0 saturated carbocycles. The Balaban J connectivity index is 2.18. The first-order chi connectivity index (χ1) is 2.89. The molecule has 1 heterocycles. The van der Waals surface area contributed by atoms with E-state index in [1.807, 2.05) is 0 Å². The molecule has 36 valence electrons. The zero-order chi connectivity index (χ0) is 4.41. The lowest BCUT2D eigenvalue weighted by molar-refractivity contribution is 0.742. The van der Waals surface area contributed by atoms with Crippen LogP contribution in [0.2, 0.25) is 0 Å². The van der Waals surface area contributed by atoms with Crippen LogP contribution in [0.15, 0.2) is 0 Å². The van der Waals surface area contributed by atoms with Crippen LogP contribution in [0.5, 0.6) is 0 Å². The van der Waals surface area contributed by atoms with E-state index in [9.17, 15) is 0 Å². The molecule has 0 amide bonds. The molecular formula is C4H10N2. The molecule has 3 N–H and O–H groups in total. The van der Waals surface area contributed by atoms with Gasteiger partial charge in [0.2, 0.25) is 0 Å². The van der Waals surface area contributed by atoms with Crippen LogP contribution in [0, 0.1) is 0 Å². The Morgan fingerprint density at radius 1 is 1.67 bits per heavy atom. The lowest BCUT2D eigenvalue weighted by atomic mass is 10.3. The van der Waals surface area contributed by atoms with E-state index in [0.29, 0.717) is 6.04 Å². The minimum Gasteiger partial charge on any atom is -0.327 e. The van der Waals surface area contributed by atoms with Crippen LogP contribution in [0.4, 0.5) is 0 Å². The van der Waals surface area contributed by atoms with Gasteiger partial charge >= 0.3 is 0 Å². The zero-order valence-corrected chi connectivity index (χ0v) is 3.78. The smallest absolute Gasteiger partial charge is 0.0177 e. The van der Waals surface area contributed by atoms with Crippen molar-refractivity contribution in [3.05, 3.63) is 0 Å². The SMILES string of the molecule is N[C@H]1CCNC1. The van der Waals surface area contributed by atoms with E-state index in [2.05, 4.69) is 5.32 Å². The maximum atomic E-state index is 5.47. The van der Waals surface area contributed by atoms with Gasteiger partial charge in [0.25, 0.3) is 0 Å². The van der Waals surface area contributed by atoms with E-state index in [-0.39, 0.29) is 0 Å². The summed E-state index contributed by atoms with van der Waals surface area (Å²) < 4.78 is 0. The van der Waals surface area contributed by atoms with Gasteiger partial charge in [0, 0.05) is 12.6 Å². The molecule has 1 rings (SSSR count). The minimum absolute atomic E-state index is 0.435. The van der Waals surface area contributed by atoms with Crippen molar-refractivity contribution >= 4 is 0 Å². The van der Waals surface area contributed by atoms with Gasteiger partial charge in [-0.3, -0.25) is 0 Å². The Hall–Kier alpha value is -0.0800. The van der Waals surface area contributed by atoms with E-state index in [4.69, 9.17) is 5.73 Å². The van der Waals surface area contributed by atoms with Crippen molar-refractivity contribution < 1.29 is 0 Å². The highest BCUT2D eigenvalue weighted by atomic mass is 14.9. The summed E-state index contributed by atoms with van der Waals surface area (Å²) in [4.78, 5) is 0. The molecular weight excluding hydrogens is 76.1 g/mol. The first-order valence-corrected chi connectivity index (χ1v) is 2.36. The van der Waals surface area contributed by atoms with Gasteiger partial charge in [-0.2, -0.15) is 0 Å². The van der Waals surface area contributed by atoms with Crippen LogP contribution in [0.25, 0.3) is 0 Å². The second-order valence-corrected chi connectivity index (χ2v) is 1.75. The number of nitrogens with two attached hydrogens (primary N) is 1. The Morgan fingerprint density at radius 2 is 2.50 bits per heavy atom. The molecule has 1 atom stereocenters. The van der Waals surface area contributed by atoms with E-state index >= 15 is 0 Å². The fourth-order valence-electron chi connectivity index (χ4n) is 0.677. The quantitative estimate of drug-likeness (QED) is 0.409. The van der Waals surface area contributed by atoms with Crippen molar-refractivity contribution in [2.75, 3.05) is 13.1 Å². The molecule has 0 radical (unpaired) electrons. The summed E-state index contributed by atoms with van der Waals surface area (Å²) >= 11 is 0. The first-order valence-electron chi connectivity index (χ1n) is 2.36. The van der Waals surface area contributed by atoms with Crippen molar-refractivity contribution in [3.8, 4) is 0 Å². The van der Waals surface area contributed by atoms with Gasteiger partial charge in [-0.25, -0.2) is 0 Å². The van der Waals surface area contributed by atoms with E-state index in [1.165, 1.54) is 0 Å². The van der Waals surface area contributed by atoms with E-state index in [1.54, 1.807) is 0 Å². The van der Waals surface area contributed by atoms with E-state index < -0.39 is 0 Å². The highest BCUT2D eigenvalue weighted by Crippen LogP contribution is 1.90. The summed E-state index contributed by atoms with van der Waals surface area (Å²) in [5, 5.41) is 3.15. The van der Waals surface area contributed by atoms with Crippen molar-refractivity contribution in [2.45, 2.75) is 12.5 Å². The van der Waals surface area contributed by atoms with E-state index in [0.717, 1.165) is 19.5 Å². The van der Waals surface area contributed by atoms with Gasteiger partial charge in [0.15, 0.2) is 0 Å². The Bertz CT molecular complexity index is 38.8. The third kappa shape index (κ3) is 0.698. The van der Waals surface area contributed by atoms with Crippen LogP contribution in [0.1, 0.15) is 6.42 Å². The summed E-state index contributed by atoms with van der Waals surface area (Å²) in [6.45, 7) is 2.13. The largest absolute Gasteiger partial charge is 0.327 e. The average molecular weight is 86.1 g/mol. The molecule has 2 nitrogen and oxygen atoms in total. The second kappa shape index (κ2) is 1.58. The lowest BCUT2D eigenvalue weighted by Crippen LogP contribution is -2.21. The standard InChI is InChI=1S/C4H10N2/c5-4-1-2-6-3-4/h4,6H,1-3,5H2/t4-/m0/s1. The summed E-state index contributed by atoms with van der Waals surface area (Å²) in [6.07, 6.45) is 1.15. The molecule has 0 unspecified atom stereocenters. The van der Waals surface area contributed by atoms with Crippen molar-refractivity contribution in [1.29, 1.82) is 0 Å². The summed E-state index contributed by atoms with van der Waals surface area (Å²) in [5.41, 5.74) is 5.47. The normalized spacial score (nSPS) is 34.5. The molecule has 2 heteroatoms. The second-order valence-electron chi connectivity index (χ2n) is 1.75. The number of rotatable bonds is 0. The van der Waals surface area contributed by atoms with Crippen molar-refractivity contribution in [2.24, 2.45) is 5.73 Å². The molecule has 1 fully saturated rings. The molecule has 1 saturated heterocycles. The molecule has 0 spiro atoms. The fraction of sp³-hybridized carbons (Fsp3) is 1.00. The first kappa shape index (κ1) is 4.09. The summed E-state index contributed by atoms with van der Waals surface area (Å²) in [6, 6.07) is 0.435. The third-order valence-corrected chi connectivity index (χ3v) is 1.10. The Labute approximate surface area is 37.7 Å². The lowest BCUT2D eigenvalue weighted by Gasteiger charge is -1.91. The fourth-order valence-corrected chi connectivity index (χ4v) is 0.677. The monoisotopic (exact) mass is 86.1 g/mol. The van der Waals surface area contributed by atoms with Gasteiger partial charge in [-0.05, 0) is 13.0 Å². The van der Waals surface area contributed by atoms with Crippen molar-refractivity contribution in [1.82, 2.24) is 5.32 Å². The van der Waals surface area contributed by atoms with Crippen LogP contribution in [-0.4, -0.2) is 19.1 Å². The van der Waals surface area contributed by atoms with Gasteiger partial charge in [-0.15, -0.1) is 0 Å². The number of hydrogen-bond donors (Lipinski definition) is 2. The molecule has 6 heavy (non-hydrogen) atoms. The predicted octanol–water partition coefficient (Wildman–Crippen LogP) is -0.693. The Morgan fingerprint density at radius 3 is 2.67 bits per heavy atom. The molecule has 0 aromatic rings. The van der Waals surface area contributed by atoms with Gasteiger partial charge in [-0.1, -0.05) is 0 Å². The van der Waals surface area contributed by atoms with Gasteiger partial charge < -0.3 is 11.1 Å². The van der Waals surface area contributed by atoms with Gasteiger partial charge in [0.1, 0.15) is 0 Å². The molecule has 0 aromatic heterocycles. The molecule has 0 bridgehead atoms. The topological polar surface area (TPSA) is 38.0 Å². The molecule has 0 aliphatic carbocycles. The summed E-state index contributed by atoms with van der Waals surface area (Å²) in [5.74, 6) is 0. The third-order valence-electron chi connectivity index (χ3n) is 1.10. The molecule has 1 aliphatic heterocycles. The molecule has 1 aliphatic rings. The highest BCUT2D eigenvalue weighted by Gasteiger charge is 2.06. The van der Waals surface area contributed by atoms with Crippen LogP contribution in [0.3, 0.4) is 0 Å². The summed E-state index contributed by atoms with van der Waals surface area (Å²) in [7, 11) is 0. The van der Waals surface area contributed by atoms with Crippen molar-refractivity contribution in [3.63, 3.8) is 0 Å². The van der Waals surface area contributed by atoms with Crippen LogP contribution in [-0.2, 0) is 0 Å². The number of hydrogen-bond acceptors (Lipinski definition) is 2. The van der Waals surface area contributed by atoms with Crippen LogP contribution >= 0.6 is 0 Å². The van der Waals surface area contributed by atoms with Gasteiger partial charge in [0.05, 0.1) is 0 Å². The zero-order valence-electron chi connectivity index (χ0n) is 3.78. The highest BCUT2D eigenvalue weighted by molar-refractivity contribution is 4.72. The average Bonchev–Trinajstić information content (AvgIpc) is 1.86. The molecule has 0 aromatic carbocycles. The predicted molar refractivity (Wildman–Crippen MR) is 25.5 cm³/mol.